The first-order valence-corrected chi connectivity index (χ1v) is 8.91. The van der Waals surface area contributed by atoms with Gasteiger partial charge in [-0.05, 0) is 50.8 Å². The molecule has 130 valence electrons. The summed E-state index contributed by atoms with van der Waals surface area (Å²) in [5, 5.41) is 4.50. The van der Waals surface area contributed by atoms with E-state index in [0.29, 0.717) is 17.9 Å². The number of hydrogen-bond donors (Lipinski definition) is 0. The first-order chi connectivity index (χ1) is 11.6. The number of aromatic nitrogens is 2. The number of ether oxygens (including phenoxy) is 1. The van der Waals surface area contributed by atoms with Crippen LogP contribution < -0.4 is 4.74 Å². The van der Waals surface area contributed by atoms with Crippen molar-refractivity contribution in [2.24, 2.45) is 0 Å². The molecule has 0 fully saturated rings. The third-order valence-electron chi connectivity index (χ3n) is 4.24. The zero-order valence-corrected chi connectivity index (χ0v) is 15.3. The van der Waals surface area contributed by atoms with Crippen molar-refractivity contribution in [3.8, 4) is 5.75 Å². The fourth-order valence-corrected chi connectivity index (χ4v) is 2.88. The van der Waals surface area contributed by atoms with Gasteiger partial charge in [0.15, 0.2) is 0 Å². The summed E-state index contributed by atoms with van der Waals surface area (Å²) in [6, 6.07) is 7.40. The average molecular weight is 328 g/mol. The first kappa shape index (κ1) is 18.2. The van der Waals surface area contributed by atoms with Gasteiger partial charge in [-0.2, -0.15) is 5.10 Å². The molecule has 0 saturated heterocycles. The maximum atomic E-state index is 13.0. The maximum Gasteiger partial charge on any atom is 0.282 e. The zero-order chi connectivity index (χ0) is 17.5. The summed E-state index contributed by atoms with van der Waals surface area (Å²) in [5.41, 5.74) is 3.66. The first-order valence-electron chi connectivity index (χ1n) is 8.91. The minimum Gasteiger partial charge on any atom is -0.493 e. The molecule has 0 aliphatic heterocycles. The summed E-state index contributed by atoms with van der Waals surface area (Å²) in [6.07, 6.45) is 5.41. The van der Waals surface area contributed by atoms with E-state index in [4.69, 9.17) is 4.74 Å². The third kappa shape index (κ3) is 4.05. The largest absolute Gasteiger partial charge is 0.493 e. The van der Waals surface area contributed by atoms with Gasteiger partial charge in [-0.25, -0.2) is 4.68 Å². The zero-order valence-electron chi connectivity index (χ0n) is 15.3. The van der Waals surface area contributed by atoms with Crippen molar-refractivity contribution in [1.82, 2.24) is 9.78 Å². The lowest BCUT2D eigenvalue weighted by Crippen LogP contribution is -2.17. The minimum atomic E-state index is -0.121. The molecule has 0 atom stereocenters. The Hall–Kier alpha value is -2.10. The van der Waals surface area contributed by atoms with E-state index in [2.05, 4.69) is 12.0 Å². The Bertz CT molecular complexity index is 689. The Labute approximate surface area is 144 Å². The second kappa shape index (κ2) is 8.67. The second-order valence-corrected chi connectivity index (χ2v) is 6.17. The number of aryl methyl sites for hydroxylation is 1. The average Bonchev–Trinajstić information content (AvgIpc) is 2.88. The Kier molecular flexibility index (Phi) is 6.59. The highest BCUT2D eigenvalue weighted by molar-refractivity contribution is 5.98. The molecule has 0 spiro atoms. The van der Waals surface area contributed by atoms with Crippen LogP contribution >= 0.6 is 0 Å². The van der Waals surface area contributed by atoms with E-state index in [0.717, 1.165) is 30.7 Å². The third-order valence-corrected chi connectivity index (χ3v) is 4.24. The van der Waals surface area contributed by atoms with Crippen molar-refractivity contribution >= 4 is 5.91 Å². The van der Waals surface area contributed by atoms with Gasteiger partial charge >= 0.3 is 0 Å². The molecule has 0 amide bonds. The van der Waals surface area contributed by atoms with Crippen LogP contribution in [0, 0.1) is 13.8 Å². The molecule has 1 aromatic carbocycles. The Morgan fingerprint density at radius 3 is 2.58 bits per heavy atom. The van der Waals surface area contributed by atoms with E-state index in [9.17, 15) is 4.79 Å². The molecular formula is C20H28N2O2. The minimum absolute atomic E-state index is 0.121. The summed E-state index contributed by atoms with van der Waals surface area (Å²) in [7, 11) is 0. The number of rotatable bonds is 8. The summed E-state index contributed by atoms with van der Waals surface area (Å²) in [4.78, 5) is 13.0. The van der Waals surface area contributed by atoms with Gasteiger partial charge < -0.3 is 4.74 Å². The van der Waals surface area contributed by atoms with Crippen LogP contribution in [-0.4, -0.2) is 22.3 Å². The van der Waals surface area contributed by atoms with Gasteiger partial charge in [0, 0.05) is 5.69 Å². The molecule has 0 aliphatic carbocycles. The molecule has 4 heteroatoms. The number of hydrogen-bond acceptors (Lipinski definition) is 3. The number of para-hydroxylation sites is 1. The van der Waals surface area contributed by atoms with Crippen molar-refractivity contribution in [1.29, 1.82) is 0 Å². The van der Waals surface area contributed by atoms with Crippen LogP contribution in [0.25, 0.3) is 0 Å². The van der Waals surface area contributed by atoms with Crippen molar-refractivity contribution in [3.63, 3.8) is 0 Å². The molecule has 0 bridgehead atoms. The summed E-state index contributed by atoms with van der Waals surface area (Å²) in [5.74, 6) is 0.508. The van der Waals surface area contributed by atoms with Gasteiger partial charge in [0.05, 0.1) is 17.9 Å². The topological polar surface area (TPSA) is 44.1 Å². The maximum absolute atomic E-state index is 13.0. The Balaban J connectivity index is 2.29. The standard InChI is InChI=1S/C20H28N2O2/c1-5-7-8-11-17-15(3)21-22(16(17)4)20(23)18-12-9-10-13-19(18)24-14-6-2/h9-10,12-13H,5-8,11,14H2,1-4H3. The molecule has 2 rings (SSSR count). The highest BCUT2D eigenvalue weighted by atomic mass is 16.5. The molecule has 24 heavy (non-hydrogen) atoms. The van der Waals surface area contributed by atoms with E-state index in [1.165, 1.54) is 23.1 Å². The monoisotopic (exact) mass is 328 g/mol. The number of unbranched alkanes of at least 4 members (excludes halogenated alkanes) is 2. The molecule has 0 unspecified atom stereocenters. The molecule has 2 aromatic rings. The number of nitrogens with zero attached hydrogens (tertiary/aromatic N) is 2. The fourth-order valence-electron chi connectivity index (χ4n) is 2.88. The fraction of sp³-hybridized carbons (Fsp3) is 0.500. The van der Waals surface area contributed by atoms with Crippen LogP contribution in [0.15, 0.2) is 24.3 Å². The van der Waals surface area contributed by atoms with Crippen LogP contribution in [0.5, 0.6) is 5.75 Å². The summed E-state index contributed by atoms with van der Waals surface area (Å²) < 4.78 is 7.26. The van der Waals surface area contributed by atoms with E-state index >= 15 is 0 Å². The van der Waals surface area contributed by atoms with E-state index in [1.807, 2.05) is 39.0 Å². The molecule has 1 heterocycles. The van der Waals surface area contributed by atoms with Crippen molar-refractivity contribution in [2.75, 3.05) is 6.61 Å². The molecule has 0 N–H and O–H groups in total. The lowest BCUT2D eigenvalue weighted by Gasteiger charge is -2.10. The van der Waals surface area contributed by atoms with Gasteiger partial charge in [0.2, 0.25) is 0 Å². The Morgan fingerprint density at radius 1 is 1.12 bits per heavy atom. The van der Waals surface area contributed by atoms with E-state index in [1.54, 1.807) is 6.07 Å². The Morgan fingerprint density at radius 2 is 1.88 bits per heavy atom. The molecule has 4 nitrogen and oxygen atoms in total. The van der Waals surface area contributed by atoms with Crippen LogP contribution in [0.4, 0.5) is 0 Å². The lowest BCUT2D eigenvalue weighted by molar-refractivity contribution is 0.0938. The smallest absolute Gasteiger partial charge is 0.282 e. The molecule has 1 aromatic heterocycles. The second-order valence-electron chi connectivity index (χ2n) is 6.17. The normalized spacial score (nSPS) is 10.8. The van der Waals surface area contributed by atoms with Crippen molar-refractivity contribution in [2.45, 2.75) is 59.8 Å². The predicted molar refractivity (Wildman–Crippen MR) is 96.9 cm³/mol. The number of carbonyl (C=O) groups excluding carboxylic acids is 1. The molecule has 0 radical (unpaired) electrons. The van der Waals surface area contributed by atoms with Gasteiger partial charge in [-0.1, -0.05) is 38.8 Å². The highest BCUT2D eigenvalue weighted by Crippen LogP contribution is 2.22. The number of benzene rings is 1. The van der Waals surface area contributed by atoms with Crippen LogP contribution in [-0.2, 0) is 6.42 Å². The quantitative estimate of drug-likeness (QED) is 0.659. The van der Waals surface area contributed by atoms with Crippen LogP contribution in [0.3, 0.4) is 0 Å². The SMILES string of the molecule is CCCCCc1c(C)nn(C(=O)c2ccccc2OCCC)c1C. The van der Waals surface area contributed by atoms with Crippen LogP contribution in [0.2, 0.25) is 0 Å². The number of carbonyl (C=O) groups is 1. The molecule has 0 saturated carbocycles. The highest BCUT2D eigenvalue weighted by Gasteiger charge is 2.20. The van der Waals surface area contributed by atoms with Crippen molar-refractivity contribution < 1.29 is 9.53 Å². The predicted octanol–water partition coefficient (Wildman–Crippen LogP) is 4.71. The summed E-state index contributed by atoms with van der Waals surface area (Å²) >= 11 is 0. The van der Waals surface area contributed by atoms with Crippen molar-refractivity contribution in [3.05, 3.63) is 46.8 Å². The van der Waals surface area contributed by atoms with Gasteiger partial charge in [-0.15, -0.1) is 0 Å². The van der Waals surface area contributed by atoms with E-state index < -0.39 is 0 Å². The van der Waals surface area contributed by atoms with Gasteiger partial charge in [0.1, 0.15) is 5.75 Å². The lowest BCUT2D eigenvalue weighted by atomic mass is 10.1. The summed E-state index contributed by atoms with van der Waals surface area (Å²) in [6.45, 7) is 8.81. The van der Waals surface area contributed by atoms with Gasteiger partial charge in [-0.3, -0.25) is 4.79 Å². The molecular weight excluding hydrogens is 300 g/mol. The van der Waals surface area contributed by atoms with Gasteiger partial charge in [0.25, 0.3) is 5.91 Å². The molecule has 0 aliphatic rings. The van der Waals surface area contributed by atoms with Crippen LogP contribution in [0.1, 0.15) is 66.8 Å². The van der Waals surface area contributed by atoms with E-state index in [-0.39, 0.29) is 5.91 Å².